The van der Waals surface area contributed by atoms with Crippen molar-refractivity contribution in [2.75, 3.05) is 11.9 Å². The maximum absolute atomic E-state index is 4.77. The third-order valence-electron chi connectivity index (χ3n) is 3.96. The number of nitrogens with one attached hydrogen (secondary N) is 1. The molecule has 5 heteroatoms. The zero-order valence-corrected chi connectivity index (χ0v) is 13.1. The van der Waals surface area contributed by atoms with Gasteiger partial charge in [-0.3, -0.25) is 4.57 Å². The van der Waals surface area contributed by atoms with Crippen molar-refractivity contribution in [2.45, 2.75) is 64.8 Å². The van der Waals surface area contributed by atoms with Crippen LogP contribution < -0.4 is 5.32 Å². The molecule has 3 rings (SSSR count). The first-order valence-electron chi connectivity index (χ1n) is 8.30. The van der Waals surface area contributed by atoms with Gasteiger partial charge in [0.15, 0.2) is 5.82 Å². The van der Waals surface area contributed by atoms with Crippen LogP contribution >= 0.6 is 0 Å². The maximum Gasteiger partial charge on any atom is 0.204 e. The molecular formula is C16H25N5. The summed E-state index contributed by atoms with van der Waals surface area (Å²) in [6, 6.07) is 0. The second kappa shape index (κ2) is 6.41. The van der Waals surface area contributed by atoms with Gasteiger partial charge in [-0.1, -0.05) is 26.7 Å². The summed E-state index contributed by atoms with van der Waals surface area (Å²) in [6.45, 7) is 6.31. The molecule has 0 spiro atoms. The quantitative estimate of drug-likeness (QED) is 0.753. The molecule has 0 aromatic rings. The third-order valence-corrected chi connectivity index (χ3v) is 3.96. The van der Waals surface area contributed by atoms with Crippen LogP contribution in [0, 0.1) is 0 Å². The van der Waals surface area contributed by atoms with E-state index in [4.69, 9.17) is 4.98 Å². The molecule has 1 N–H and O–H groups in total. The van der Waals surface area contributed by atoms with Gasteiger partial charge < -0.3 is 5.32 Å². The van der Waals surface area contributed by atoms with E-state index in [9.17, 15) is 0 Å². The van der Waals surface area contributed by atoms with Crippen LogP contribution in [0.5, 0.6) is 0 Å². The highest BCUT2D eigenvalue weighted by molar-refractivity contribution is 5.55. The first-order chi connectivity index (χ1) is 10.3. The summed E-state index contributed by atoms with van der Waals surface area (Å²) in [5.41, 5.74) is 0.935. The second-order valence-corrected chi connectivity index (χ2v) is 5.93. The number of rotatable bonds is 8. The highest BCUT2D eigenvalue weighted by Crippen LogP contribution is 2.40. The number of nitrogens with zero attached hydrogens (tertiary/aromatic N) is 4. The minimum atomic E-state index is 0.591. The van der Waals surface area contributed by atoms with Crippen LogP contribution in [0.3, 0.4) is 0 Å². The summed E-state index contributed by atoms with van der Waals surface area (Å²) in [7, 11) is 0. The number of fused-ring (bicyclic) bond motifs is 1. The van der Waals surface area contributed by atoms with Gasteiger partial charge in [-0.15, -0.1) is 0 Å². The van der Waals surface area contributed by atoms with Crippen molar-refractivity contribution in [1.29, 1.82) is 0 Å². The van der Waals surface area contributed by atoms with Gasteiger partial charge in [-0.2, -0.15) is 0 Å². The zero-order valence-electron chi connectivity index (χ0n) is 13.1. The summed E-state index contributed by atoms with van der Waals surface area (Å²) >= 11 is 0. The highest BCUT2D eigenvalue weighted by atomic mass is 15.2. The Hall–Kier alpha value is -1.65. The molecule has 1 aliphatic carbocycles. The van der Waals surface area contributed by atoms with Crippen molar-refractivity contribution < 1.29 is 0 Å². The van der Waals surface area contributed by atoms with E-state index in [-0.39, 0.29) is 0 Å². The lowest BCUT2D eigenvalue weighted by Gasteiger charge is -2.16. The average Bonchev–Trinajstić information content (AvgIpc) is 3.25. The van der Waals surface area contributed by atoms with Crippen LogP contribution in [0.4, 0.5) is 5.95 Å². The molecule has 5 nitrogen and oxygen atoms in total. The minimum Gasteiger partial charge on any atom is -0.356 e. The van der Waals surface area contributed by atoms with E-state index in [1.165, 1.54) is 32.1 Å². The fourth-order valence-corrected chi connectivity index (χ4v) is 2.62. The number of unbranched alkanes of at least 4 members (excludes halogenated alkanes) is 2. The zero-order chi connectivity index (χ0) is 14.7. The highest BCUT2D eigenvalue weighted by Gasteiger charge is 2.30. The number of hydrogen-bond donors (Lipinski definition) is 1. The first kappa shape index (κ1) is 14.3. The topological polar surface area (TPSA) is 55.6 Å². The Morgan fingerprint density at radius 3 is 2.76 bits per heavy atom. The molecule has 2 heterocycles. The summed E-state index contributed by atoms with van der Waals surface area (Å²) in [5.74, 6) is 3.53. The summed E-state index contributed by atoms with van der Waals surface area (Å²) in [6.07, 6.45) is 9.08. The molecule has 3 aliphatic rings. The van der Waals surface area contributed by atoms with Crippen molar-refractivity contribution in [3.8, 4) is 11.5 Å². The molecule has 2 aliphatic heterocycles. The predicted molar refractivity (Wildman–Crippen MR) is 84.7 cm³/mol. The normalized spacial score (nSPS) is 14.8. The smallest absolute Gasteiger partial charge is 0.204 e. The van der Waals surface area contributed by atoms with Crippen molar-refractivity contribution in [3.05, 3.63) is 12.0 Å². The molecule has 114 valence electrons. The maximum atomic E-state index is 4.77. The van der Waals surface area contributed by atoms with Crippen molar-refractivity contribution >= 4 is 5.95 Å². The van der Waals surface area contributed by atoms with Gasteiger partial charge in [0.25, 0.3) is 0 Å². The third kappa shape index (κ3) is 3.17. The largest absolute Gasteiger partial charge is 0.356 e. The van der Waals surface area contributed by atoms with E-state index in [0.717, 1.165) is 42.8 Å². The molecule has 0 atom stereocenters. The fraction of sp³-hybridized carbons (Fsp3) is 0.688. The van der Waals surface area contributed by atoms with Gasteiger partial charge in [0.2, 0.25) is 5.95 Å². The molecule has 0 unspecified atom stereocenters. The Bertz CT molecular complexity index is 558. The molecule has 21 heavy (non-hydrogen) atoms. The van der Waals surface area contributed by atoms with Crippen LogP contribution in [0.1, 0.15) is 64.1 Å². The van der Waals surface area contributed by atoms with E-state index in [0.29, 0.717) is 5.92 Å². The summed E-state index contributed by atoms with van der Waals surface area (Å²) in [4.78, 5) is 14.0. The SMILES string of the molecule is CCCCCNc1ncc2nc(C3CC3)nc-2n1CCC. The van der Waals surface area contributed by atoms with Crippen molar-refractivity contribution in [3.63, 3.8) is 0 Å². The van der Waals surface area contributed by atoms with Crippen LogP contribution in [-0.4, -0.2) is 26.1 Å². The molecule has 0 radical (unpaired) electrons. The number of imidazole rings is 1. The Labute approximate surface area is 126 Å². The van der Waals surface area contributed by atoms with Gasteiger partial charge in [0.1, 0.15) is 11.5 Å². The van der Waals surface area contributed by atoms with E-state index < -0.39 is 0 Å². The Kier molecular flexibility index (Phi) is 4.36. The fourth-order valence-electron chi connectivity index (χ4n) is 2.62. The molecule has 0 aromatic heterocycles. The van der Waals surface area contributed by atoms with Crippen molar-refractivity contribution in [1.82, 2.24) is 19.5 Å². The van der Waals surface area contributed by atoms with Crippen LogP contribution in [0.2, 0.25) is 0 Å². The lowest BCUT2D eigenvalue weighted by atomic mass is 10.2. The number of aromatic nitrogens is 4. The molecule has 0 aromatic carbocycles. The van der Waals surface area contributed by atoms with Gasteiger partial charge >= 0.3 is 0 Å². The predicted octanol–water partition coefficient (Wildman–Crippen LogP) is 3.67. The molecule has 0 amide bonds. The molecular weight excluding hydrogens is 262 g/mol. The first-order valence-corrected chi connectivity index (χ1v) is 8.30. The lowest BCUT2D eigenvalue weighted by Crippen LogP contribution is -2.15. The van der Waals surface area contributed by atoms with Gasteiger partial charge in [-0.25, -0.2) is 15.0 Å². The van der Waals surface area contributed by atoms with E-state index >= 15 is 0 Å². The second-order valence-electron chi connectivity index (χ2n) is 5.93. The van der Waals surface area contributed by atoms with Crippen LogP contribution in [-0.2, 0) is 6.54 Å². The Balaban J connectivity index is 1.84. The Morgan fingerprint density at radius 1 is 1.19 bits per heavy atom. The standard InChI is InChI=1S/C16H25N5/c1-3-5-6-9-17-16-18-11-13-15(21(16)10-4-2)20-14(19-13)12-7-8-12/h11-12H,3-10H2,1-2H3,(H,17,18). The van der Waals surface area contributed by atoms with Gasteiger partial charge in [0.05, 0.1) is 6.20 Å². The summed E-state index contributed by atoms with van der Waals surface area (Å²) in [5, 5.41) is 3.46. The van der Waals surface area contributed by atoms with Gasteiger partial charge in [-0.05, 0) is 25.7 Å². The molecule has 1 fully saturated rings. The van der Waals surface area contributed by atoms with E-state index in [2.05, 4.69) is 33.7 Å². The molecule has 1 saturated carbocycles. The monoisotopic (exact) mass is 287 g/mol. The minimum absolute atomic E-state index is 0.591. The Morgan fingerprint density at radius 2 is 2.05 bits per heavy atom. The van der Waals surface area contributed by atoms with Crippen molar-refractivity contribution in [2.24, 2.45) is 0 Å². The molecule has 0 bridgehead atoms. The van der Waals surface area contributed by atoms with E-state index in [1.54, 1.807) is 0 Å². The van der Waals surface area contributed by atoms with Gasteiger partial charge in [0, 0.05) is 19.0 Å². The van der Waals surface area contributed by atoms with Crippen LogP contribution in [0.25, 0.3) is 11.5 Å². The lowest BCUT2D eigenvalue weighted by molar-refractivity contribution is 0.657. The number of anilines is 1. The summed E-state index contributed by atoms with van der Waals surface area (Å²) < 4.78 is 2.19. The average molecular weight is 287 g/mol. The van der Waals surface area contributed by atoms with Crippen LogP contribution in [0.15, 0.2) is 6.20 Å². The molecule has 0 saturated heterocycles. The number of hydrogen-bond acceptors (Lipinski definition) is 4. The van der Waals surface area contributed by atoms with E-state index in [1.807, 2.05) is 6.20 Å².